The van der Waals surface area contributed by atoms with Crippen molar-refractivity contribution in [3.63, 3.8) is 0 Å². The summed E-state index contributed by atoms with van der Waals surface area (Å²) in [6.07, 6.45) is -2.11. The van der Waals surface area contributed by atoms with Crippen LogP contribution in [0.4, 0.5) is 0 Å². The summed E-state index contributed by atoms with van der Waals surface area (Å²) in [5, 5.41) is 2.35. The second kappa shape index (κ2) is 4.53. The molecule has 0 aliphatic carbocycles. The third kappa shape index (κ3) is 2.42. The Hall–Kier alpha value is -1.22. The van der Waals surface area contributed by atoms with Crippen molar-refractivity contribution in [3.8, 4) is 11.5 Å². The molecule has 1 aliphatic heterocycles. The van der Waals surface area contributed by atoms with Crippen LogP contribution in [0.3, 0.4) is 0 Å². The van der Waals surface area contributed by atoms with Crippen molar-refractivity contribution in [2.24, 2.45) is 0 Å². The summed E-state index contributed by atoms with van der Waals surface area (Å²) in [6, 6.07) is 2.75. The topological polar surface area (TPSA) is 30.5 Å². The fourth-order valence-corrected chi connectivity index (χ4v) is 1.41. The number of likely N-dealkylation sites (N-methyl/N-ethyl adjacent to an activating group) is 1. The predicted molar refractivity (Wildman–Crippen MR) is 59.4 cm³/mol. The van der Waals surface area contributed by atoms with E-state index in [-0.39, 0.29) is 12.4 Å². The van der Waals surface area contributed by atoms with E-state index in [0.717, 1.165) is 0 Å². The molecule has 1 heterocycles. The second-order valence-electron chi connectivity index (χ2n) is 3.19. The third-order valence-corrected chi connectivity index (χ3v) is 2.02. The van der Waals surface area contributed by atoms with Gasteiger partial charge in [0.25, 0.3) is 0 Å². The highest BCUT2D eigenvalue weighted by atomic mass is 16.7. The lowest BCUT2D eigenvalue weighted by atomic mass is 10.1. The number of benzene rings is 1. The normalized spacial score (nSPS) is 24.3. The SMILES string of the molecule is [2H]C([2H])(C)N[C@]([2H])(C)C([2H])([2H])c1ccc2c(c1)OCO2. The Balaban J connectivity index is 2.34. The van der Waals surface area contributed by atoms with Crippen LogP contribution in [0.15, 0.2) is 18.2 Å². The van der Waals surface area contributed by atoms with Crippen molar-refractivity contribution < 1.29 is 16.3 Å². The van der Waals surface area contributed by atoms with Crippen molar-refractivity contribution in [2.45, 2.75) is 26.2 Å². The first-order valence-corrected chi connectivity index (χ1v) is 4.72. The van der Waals surface area contributed by atoms with E-state index in [9.17, 15) is 0 Å². The molecule has 0 unspecified atom stereocenters. The van der Waals surface area contributed by atoms with Gasteiger partial charge in [-0.05, 0) is 37.5 Å². The van der Waals surface area contributed by atoms with E-state index in [2.05, 4.69) is 5.32 Å². The van der Waals surface area contributed by atoms with Crippen LogP contribution in [-0.4, -0.2) is 19.3 Å². The molecule has 0 bridgehead atoms. The zero-order valence-electron chi connectivity index (χ0n) is 13.8. The third-order valence-electron chi connectivity index (χ3n) is 2.02. The molecule has 3 heteroatoms. The summed E-state index contributed by atoms with van der Waals surface area (Å²) in [6.45, 7) is 0.782. The molecule has 0 radical (unpaired) electrons. The summed E-state index contributed by atoms with van der Waals surface area (Å²) in [5.74, 6) is 0.969. The molecule has 1 aromatic carbocycles. The Morgan fingerprint density at radius 1 is 1.53 bits per heavy atom. The van der Waals surface area contributed by atoms with E-state index in [1.165, 1.54) is 26.0 Å². The fourth-order valence-electron chi connectivity index (χ4n) is 1.41. The van der Waals surface area contributed by atoms with Crippen molar-refractivity contribution in [3.05, 3.63) is 23.8 Å². The maximum Gasteiger partial charge on any atom is 0.231 e. The van der Waals surface area contributed by atoms with E-state index < -0.39 is 18.9 Å². The number of fused-ring (bicyclic) bond motifs is 1. The summed E-state index contributed by atoms with van der Waals surface area (Å²) in [4.78, 5) is 0. The Labute approximate surface area is 97.4 Å². The molecule has 1 aromatic rings. The second-order valence-corrected chi connectivity index (χ2v) is 3.19. The summed E-state index contributed by atoms with van der Waals surface area (Å²) in [5.41, 5.74) is 0.232. The van der Waals surface area contributed by atoms with Gasteiger partial charge in [-0.25, -0.2) is 0 Å². The highest BCUT2D eigenvalue weighted by Crippen LogP contribution is 2.32. The smallest absolute Gasteiger partial charge is 0.231 e. The van der Waals surface area contributed by atoms with Crippen LogP contribution in [0, 0.1) is 0 Å². The average molecular weight is 212 g/mol. The average Bonchev–Trinajstić information content (AvgIpc) is 2.71. The maximum atomic E-state index is 8.17. The Morgan fingerprint density at radius 2 is 2.33 bits per heavy atom. The zero-order valence-corrected chi connectivity index (χ0v) is 8.76. The molecule has 0 fully saturated rings. The van der Waals surface area contributed by atoms with Crippen LogP contribution in [0.25, 0.3) is 0 Å². The Morgan fingerprint density at radius 3 is 3.13 bits per heavy atom. The largest absolute Gasteiger partial charge is 0.454 e. The molecule has 1 N–H and O–H groups in total. The first-order chi connectivity index (χ1) is 9.03. The standard InChI is InChI=1S/C12H17NO2/c1-3-13-9(2)6-10-4-5-11-12(7-10)15-8-14-11/h4-5,7,9,13H,3,6,8H2,1-2H3/t9-/m1/s1/i3D2,6D2,9D. The van der Waals surface area contributed by atoms with Crippen LogP contribution in [-0.2, 0) is 6.37 Å². The predicted octanol–water partition coefficient (Wildman–Crippen LogP) is 1.96. The van der Waals surface area contributed by atoms with Gasteiger partial charge in [-0.1, -0.05) is 13.0 Å². The van der Waals surface area contributed by atoms with Crippen molar-refractivity contribution in [2.75, 3.05) is 13.3 Å². The first kappa shape index (κ1) is 5.75. The molecule has 82 valence electrons. The molecule has 0 saturated heterocycles. The number of rotatable bonds is 4. The van der Waals surface area contributed by atoms with Gasteiger partial charge < -0.3 is 14.8 Å². The van der Waals surface area contributed by atoms with E-state index in [1.807, 2.05) is 0 Å². The molecule has 0 aromatic heterocycles. The van der Waals surface area contributed by atoms with Crippen molar-refractivity contribution in [1.82, 2.24) is 5.32 Å². The van der Waals surface area contributed by atoms with E-state index in [4.69, 9.17) is 16.3 Å². The van der Waals surface area contributed by atoms with Gasteiger partial charge in [0.2, 0.25) is 6.79 Å². The van der Waals surface area contributed by atoms with Gasteiger partial charge in [0.05, 0.1) is 0 Å². The van der Waals surface area contributed by atoms with Gasteiger partial charge in [-0.15, -0.1) is 0 Å². The van der Waals surface area contributed by atoms with Gasteiger partial charge in [-0.3, -0.25) is 0 Å². The molecule has 0 amide bonds. The number of ether oxygens (including phenoxy) is 2. The molecule has 15 heavy (non-hydrogen) atoms. The van der Waals surface area contributed by atoms with E-state index >= 15 is 0 Å². The molecule has 0 spiro atoms. The molecule has 1 atom stereocenters. The molecule has 2 rings (SSSR count). The van der Waals surface area contributed by atoms with Crippen LogP contribution in [0.1, 0.15) is 26.3 Å². The minimum Gasteiger partial charge on any atom is -0.454 e. The van der Waals surface area contributed by atoms with Gasteiger partial charge in [-0.2, -0.15) is 0 Å². The van der Waals surface area contributed by atoms with E-state index in [0.29, 0.717) is 11.5 Å². The van der Waals surface area contributed by atoms with Crippen molar-refractivity contribution >= 4 is 0 Å². The summed E-state index contributed by atoms with van der Waals surface area (Å²) in [7, 11) is 0. The van der Waals surface area contributed by atoms with Gasteiger partial charge in [0.1, 0.15) is 0 Å². The van der Waals surface area contributed by atoms with Gasteiger partial charge in [0.15, 0.2) is 11.5 Å². The molecule has 3 nitrogen and oxygen atoms in total. The fraction of sp³-hybridized carbons (Fsp3) is 0.500. The van der Waals surface area contributed by atoms with Gasteiger partial charge in [0, 0.05) is 12.9 Å². The monoisotopic (exact) mass is 212 g/mol. The van der Waals surface area contributed by atoms with Crippen LogP contribution in [0.2, 0.25) is 0 Å². The number of hydrogen-bond acceptors (Lipinski definition) is 3. The highest BCUT2D eigenvalue weighted by Gasteiger charge is 2.13. The van der Waals surface area contributed by atoms with Crippen LogP contribution >= 0.6 is 0 Å². The van der Waals surface area contributed by atoms with Crippen LogP contribution < -0.4 is 14.8 Å². The van der Waals surface area contributed by atoms with Crippen molar-refractivity contribution in [1.29, 1.82) is 0 Å². The first-order valence-electron chi connectivity index (χ1n) is 7.22. The number of nitrogens with one attached hydrogen (secondary N) is 1. The van der Waals surface area contributed by atoms with Gasteiger partial charge >= 0.3 is 0 Å². The minimum absolute atomic E-state index is 0.0929. The lowest BCUT2D eigenvalue weighted by molar-refractivity contribution is 0.174. The number of hydrogen-bond donors (Lipinski definition) is 1. The lowest BCUT2D eigenvalue weighted by Crippen LogP contribution is -2.27. The minimum atomic E-state index is -2.11. The molecule has 1 aliphatic rings. The quantitative estimate of drug-likeness (QED) is 0.827. The Kier molecular flexibility index (Phi) is 1.74. The summed E-state index contributed by atoms with van der Waals surface area (Å²) >= 11 is 0. The highest BCUT2D eigenvalue weighted by molar-refractivity contribution is 5.44. The maximum absolute atomic E-state index is 8.17. The molecular formula is C12H17NO2. The van der Waals surface area contributed by atoms with Crippen LogP contribution in [0.5, 0.6) is 11.5 Å². The Bertz CT molecular complexity index is 513. The molecule has 0 saturated carbocycles. The zero-order chi connectivity index (χ0) is 15.2. The molecular weight excluding hydrogens is 190 g/mol. The van der Waals surface area contributed by atoms with E-state index in [1.54, 1.807) is 6.07 Å². The summed E-state index contributed by atoms with van der Waals surface area (Å²) < 4.78 is 49.8. The lowest BCUT2D eigenvalue weighted by Gasteiger charge is -2.12.